The fraction of sp³-hybridized carbons (Fsp3) is 0.389. The van der Waals surface area contributed by atoms with E-state index in [9.17, 15) is 14.4 Å². The number of hydrogen-bond acceptors (Lipinski definition) is 6. The summed E-state index contributed by atoms with van der Waals surface area (Å²) in [5.74, 6) is -2.80. The molecule has 0 bridgehead atoms. The van der Waals surface area contributed by atoms with E-state index in [0.29, 0.717) is 0 Å². The van der Waals surface area contributed by atoms with Crippen molar-refractivity contribution in [3.05, 3.63) is 35.2 Å². The molecule has 7 N–H and O–H groups in total. The molecular formula is C18H25N5O3S. The summed E-state index contributed by atoms with van der Waals surface area (Å²) in [5, 5.41) is 10.6. The van der Waals surface area contributed by atoms with Gasteiger partial charge in [0.2, 0.25) is 17.7 Å². The van der Waals surface area contributed by atoms with Crippen LogP contribution in [0.3, 0.4) is 0 Å². The zero-order valence-electron chi connectivity index (χ0n) is 15.5. The van der Waals surface area contributed by atoms with Gasteiger partial charge in [-0.25, -0.2) is 0 Å². The van der Waals surface area contributed by atoms with Crippen LogP contribution in [0.4, 0.5) is 0 Å². The molecule has 0 spiro atoms. The van der Waals surface area contributed by atoms with Crippen LogP contribution < -0.4 is 27.4 Å². The summed E-state index contributed by atoms with van der Waals surface area (Å²) in [6.07, 6.45) is 0.268. The van der Waals surface area contributed by atoms with Crippen molar-refractivity contribution in [2.45, 2.75) is 45.1 Å². The molecule has 2 aromatic rings. The molecule has 1 aromatic heterocycles. The van der Waals surface area contributed by atoms with E-state index in [4.69, 9.17) is 11.5 Å². The first-order chi connectivity index (χ1) is 12.6. The molecule has 0 saturated carbocycles. The smallest absolute Gasteiger partial charge is 0.245 e. The van der Waals surface area contributed by atoms with Crippen LogP contribution in [0.2, 0.25) is 0 Å². The van der Waals surface area contributed by atoms with E-state index >= 15 is 0 Å². The fourth-order valence-electron chi connectivity index (χ4n) is 2.66. The molecule has 3 atom stereocenters. The molecule has 3 unspecified atom stereocenters. The quantitative estimate of drug-likeness (QED) is 0.428. The zero-order chi connectivity index (χ0) is 20.2. The Hall–Kier alpha value is -2.49. The van der Waals surface area contributed by atoms with Crippen molar-refractivity contribution in [2.75, 3.05) is 0 Å². The average molecular weight is 391 g/mol. The topological polar surface area (TPSA) is 139 Å². The van der Waals surface area contributed by atoms with E-state index in [1.807, 2.05) is 29.6 Å². The molecule has 8 nitrogen and oxygen atoms in total. The van der Waals surface area contributed by atoms with Gasteiger partial charge in [-0.15, -0.1) is 11.3 Å². The van der Waals surface area contributed by atoms with Gasteiger partial charge in [-0.1, -0.05) is 18.2 Å². The van der Waals surface area contributed by atoms with Crippen molar-refractivity contribution in [3.8, 4) is 0 Å². The average Bonchev–Trinajstić information content (AvgIpc) is 2.95. The third kappa shape index (κ3) is 5.75. The van der Waals surface area contributed by atoms with Crippen LogP contribution in [-0.4, -0.2) is 35.6 Å². The summed E-state index contributed by atoms with van der Waals surface area (Å²) in [6.45, 7) is 4.29. The van der Waals surface area contributed by atoms with Gasteiger partial charge < -0.3 is 21.7 Å². The maximum atomic E-state index is 12.8. The number of rotatable bonds is 7. The van der Waals surface area contributed by atoms with Crippen LogP contribution in [0.25, 0.3) is 10.1 Å². The first kappa shape index (κ1) is 20.8. The van der Waals surface area contributed by atoms with E-state index < -0.39 is 29.7 Å². The minimum absolute atomic E-state index is 0.268. The van der Waals surface area contributed by atoms with Gasteiger partial charge in [0.15, 0.2) is 5.79 Å². The van der Waals surface area contributed by atoms with Crippen molar-refractivity contribution >= 4 is 39.1 Å². The highest BCUT2D eigenvalue weighted by atomic mass is 32.1. The summed E-state index contributed by atoms with van der Waals surface area (Å²) >= 11 is 1.56. The first-order valence-corrected chi connectivity index (χ1v) is 9.38. The lowest BCUT2D eigenvalue weighted by Gasteiger charge is -2.29. The van der Waals surface area contributed by atoms with Crippen LogP contribution in [-0.2, 0) is 20.8 Å². The number of carbonyl (C=O) groups excluding carboxylic acids is 3. The van der Waals surface area contributed by atoms with Crippen LogP contribution in [0, 0.1) is 0 Å². The number of nitrogens with one attached hydrogen (secondary N) is 3. The monoisotopic (exact) mass is 391 g/mol. The second kappa shape index (κ2) is 8.47. The second-order valence-electron chi connectivity index (χ2n) is 6.68. The Kier molecular flexibility index (Phi) is 6.53. The van der Waals surface area contributed by atoms with Crippen LogP contribution in [0.15, 0.2) is 29.6 Å². The molecule has 0 aliphatic heterocycles. The lowest BCUT2D eigenvalue weighted by Crippen LogP contribution is -2.67. The van der Waals surface area contributed by atoms with Crippen molar-refractivity contribution in [1.82, 2.24) is 16.0 Å². The van der Waals surface area contributed by atoms with E-state index in [0.717, 1.165) is 15.6 Å². The number of carbonyl (C=O) groups is 3. The molecule has 27 heavy (non-hydrogen) atoms. The van der Waals surface area contributed by atoms with Gasteiger partial charge in [0.05, 0.1) is 6.04 Å². The standard InChI is InChI=1S/C18H25N5O3S/c1-10(19)16(25)21-14(17(26)23-18(3,20)22-11(2)24)8-12-9-27-15-7-5-4-6-13(12)15/h4-7,9-10,14H,8,19-20H2,1-3H3,(H,21,25)(H,22,24)(H,23,26). The number of nitrogens with two attached hydrogens (primary N) is 2. The summed E-state index contributed by atoms with van der Waals surface area (Å²) < 4.78 is 1.09. The van der Waals surface area contributed by atoms with Gasteiger partial charge in [-0.2, -0.15) is 0 Å². The van der Waals surface area contributed by atoms with E-state index in [1.54, 1.807) is 11.3 Å². The number of thiophene rings is 1. The molecule has 0 fully saturated rings. The largest absolute Gasteiger partial charge is 0.343 e. The predicted octanol–water partition coefficient (Wildman–Crippen LogP) is 0.161. The number of fused-ring (bicyclic) bond motifs is 1. The number of hydrogen-bond donors (Lipinski definition) is 5. The van der Waals surface area contributed by atoms with Gasteiger partial charge in [0.25, 0.3) is 0 Å². The Morgan fingerprint density at radius 2 is 1.85 bits per heavy atom. The fourth-order valence-corrected chi connectivity index (χ4v) is 3.64. The molecule has 1 aromatic carbocycles. The summed E-state index contributed by atoms with van der Waals surface area (Å²) in [6, 6.07) is 6.16. The maximum absolute atomic E-state index is 12.8. The summed E-state index contributed by atoms with van der Waals surface area (Å²) in [4.78, 5) is 36.1. The molecule has 0 aliphatic rings. The maximum Gasteiger partial charge on any atom is 0.245 e. The van der Waals surface area contributed by atoms with Crippen LogP contribution in [0.5, 0.6) is 0 Å². The molecule has 3 amide bonds. The Labute approximate surface area is 161 Å². The number of amides is 3. The molecule has 0 saturated heterocycles. The molecule has 9 heteroatoms. The van der Waals surface area contributed by atoms with Gasteiger partial charge in [-0.3, -0.25) is 20.1 Å². The third-order valence-corrected chi connectivity index (χ3v) is 4.86. The van der Waals surface area contributed by atoms with Gasteiger partial charge in [0.1, 0.15) is 6.04 Å². The van der Waals surface area contributed by atoms with Crippen LogP contribution >= 0.6 is 11.3 Å². The molecular weight excluding hydrogens is 366 g/mol. The highest BCUT2D eigenvalue weighted by Gasteiger charge is 2.29. The third-order valence-electron chi connectivity index (χ3n) is 3.85. The van der Waals surface area contributed by atoms with Gasteiger partial charge in [-0.05, 0) is 36.2 Å². The van der Waals surface area contributed by atoms with Crippen molar-refractivity contribution < 1.29 is 14.4 Å². The van der Waals surface area contributed by atoms with Crippen LogP contribution in [0.1, 0.15) is 26.3 Å². The lowest BCUT2D eigenvalue weighted by atomic mass is 10.0. The Bertz CT molecular complexity index is 846. The van der Waals surface area contributed by atoms with E-state index in [-0.39, 0.29) is 12.3 Å². The second-order valence-corrected chi connectivity index (χ2v) is 7.60. The Balaban J connectivity index is 2.24. The lowest BCUT2D eigenvalue weighted by molar-refractivity contribution is -0.131. The van der Waals surface area contributed by atoms with Crippen molar-refractivity contribution in [1.29, 1.82) is 0 Å². The molecule has 146 valence electrons. The minimum atomic E-state index is -1.45. The summed E-state index contributed by atoms with van der Waals surface area (Å²) in [5.41, 5.74) is 12.5. The zero-order valence-corrected chi connectivity index (χ0v) is 16.4. The van der Waals surface area contributed by atoms with Gasteiger partial charge in [0, 0.05) is 18.0 Å². The van der Waals surface area contributed by atoms with Gasteiger partial charge >= 0.3 is 0 Å². The summed E-state index contributed by atoms with van der Waals surface area (Å²) in [7, 11) is 0. The minimum Gasteiger partial charge on any atom is -0.343 e. The molecule has 2 rings (SSSR count). The Morgan fingerprint density at radius 3 is 2.48 bits per heavy atom. The number of benzene rings is 1. The van der Waals surface area contributed by atoms with Crippen molar-refractivity contribution in [3.63, 3.8) is 0 Å². The SMILES string of the molecule is CC(=O)NC(C)(N)NC(=O)C(Cc1csc2ccccc12)NC(=O)C(C)N. The first-order valence-electron chi connectivity index (χ1n) is 8.50. The van der Waals surface area contributed by atoms with Crippen molar-refractivity contribution in [2.24, 2.45) is 11.5 Å². The van der Waals surface area contributed by atoms with E-state index in [2.05, 4.69) is 16.0 Å². The normalized spacial score (nSPS) is 15.4. The molecule has 1 heterocycles. The van der Waals surface area contributed by atoms with E-state index in [1.165, 1.54) is 20.8 Å². The Morgan fingerprint density at radius 1 is 1.19 bits per heavy atom. The molecule has 0 radical (unpaired) electrons. The highest BCUT2D eigenvalue weighted by molar-refractivity contribution is 7.17. The molecule has 0 aliphatic carbocycles. The highest BCUT2D eigenvalue weighted by Crippen LogP contribution is 2.26. The predicted molar refractivity (Wildman–Crippen MR) is 106 cm³/mol.